The van der Waals surface area contributed by atoms with E-state index in [1.54, 1.807) is 42.1 Å². The molecule has 0 bridgehead atoms. The highest BCUT2D eigenvalue weighted by molar-refractivity contribution is 6.30. The first kappa shape index (κ1) is 23.5. The zero-order valence-electron chi connectivity index (χ0n) is 18.4. The van der Waals surface area contributed by atoms with Crippen LogP contribution in [0.25, 0.3) is 11.4 Å². The molecule has 0 saturated carbocycles. The molecule has 170 valence electrons. The number of benzene rings is 1. The molecule has 0 saturated heterocycles. The van der Waals surface area contributed by atoms with Gasteiger partial charge in [-0.05, 0) is 38.1 Å². The highest BCUT2D eigenvalue weighted by Gasteiger charge is 2.24. The molecule has 0 aliphatic carbocycles. The predicted octanol–water partition coefficient (Wildman–Crippen LogP) is 2.75. The van der Waals surface area contributed by atoms with Crippen molar-refractivity contribution in [2.24, 2.45) is 5.73 Å². The van der Waals surface area contributed by atoms with Gasteiger partial charge in [-0.15, -0.1) is 0 Å². The number of aliphatic hydroxyl groups is 1. The normalized spacial score (nSPS) is 14.0. The summed E-state index contributed by atoms with van der Waals surface area (Å²) in [5.74, 6) is -0.592. The minimum atomic E-state index is -0.946. The number of nitrogens with two attached hydrogens (primary N) is 1. The molecule has 32 heavy (non-hydrogen) atoms. The Morgan fingerprint density at radius 1 is 1.41 bits per heavy atom. The standard InChI is InChI=1S/C22H26ClFN6O2/c1-22(2,32)12-30-8-7-17(15(11-30)19(25)31)27-21-18(29(3)4)10-26-20(28-21)14-9-13(23)5-6-16(14)24/h5-10,32H,11-12H2,1-4H3,(H2,25,31)(H,26,27,28). The molecule has 0 atom stereocenters. The van der Waals surface area contributed by atoms with Gasteiger partial charge in [-0.2, -0.15) is 0 Å². The average Bonchev–Trinajstić information content (AvgIpc) is 2.69. The van der Waals surface area contributed by atoms with E-state index in [0.29, 0.717) is 34.3 Å². The van der Waals surface area contributed by atoms with E-state index in [2.05, 4.69) is 15.3 Å². The molecule has 10 heteroatoms. The highest BCUT2D eigenvalue weighted by atomic mass is 35.5. The third-order valence-corrected chi connectivity index (χ3v) is 4.93. The van der Waals surface area contributed by atoms with Crippen molar-refractivity contribution >= 4 is 29.0 Å². The van der Waals surface area contributed by atoms with Crippen LogP contribution < -0.4 is 16.0 Å². The lowest BCUT2D eigenvalue weighted by Gasteiger charge is -2.31. The number of allylic oxidation sites excluding steroid dienone is 1. The molecule has 2 aromatic rings. The Kier molecular flexibility index (Phi) is 6.71. The number of primary amides is 1. The van der Waals surface area contributed by atoms with Gasteiger partial charge in [0, 0.05) is 31.9 Å². The molecule has 4 N–H and O–H groups in total. The van der Waals surface area contributed by atoms with Gasteiger partial charge >= 0.3 is 0 Å². The van der Waals surface area contributed by atoms with Crippen molar-refractivity contribution in [3.8, 4) is 11.4 Å². The number of anilines is 2. The van der Waals surface area contributed by atoms with Crippen molar-refractivity contribution in [3.05, 3.63) is 58.8 Å². The van der Waals surface area contributed by atoms with Gasteiger partial charge < -0.3 is 26.0 Å². The fourth-order valence-electron chi connectivity index (χ4n) is 3.28. The number of rotatable bonds is 7. The van der Waals surface area contributed by atoms with Crippen molar-refractivity contribution in [2.75, 3.05) is 37.4 Å². The van der Waals surface area contributed by atoms with Crippen LogP contribution in [0.15, 0.2) is 47.9 Å². The number of carbonyl (C=O) groups is 1. The highest BCUT2D eigenvalue weighted by Crippen LogP contribution is 2.30. The van der Waals surface area contributed by atoms with Crippen LogP contribution in [-0.2, 0) is 4.79 Å². The second-order valence-electron chi connectivity index (χ2n) is 8.36. The smallest absolute Gasteiger partial charge is 0.248 e. The lowest BCUT2D eigenvalue weighted by Crippen LogP contribution is -2.40. The number of hydrogen-bond acceptors (Lipinski definition) is 7. The fraction of sp³-hybridized carbons (Fsp3) is 0.318. The molecule has 2 heterocycles. The SMILES string of the molecule is CN(C)c1cnc(-c2cc(Cl)ccc2F)nc1NC1=C(C(N)=O)CN(CC(C)(C)O)C=C1. The van der Waals surface area contributed by atoms with Crippen LogP contribution in [0.4, 0.5) is 15.9 Å². The summed E-state index contributed by atoms with van der Waals surface area (Å²) in [7, 11) is 3.63. The zero-order chi connectivity index (χ0) is 23.6. The number of halogens is 2. The number of hydrogen-bond donors (Lipinski definition) is 3. The third kappa shape index (κ3) is 5.54. The fourth-order valence-corrected chi connectivity index (χ4v) is 3.45. The van der Waals surface area contributed by atoms with Gasteiger partial charge in [0.15, 0.2) is 11.6 Å². The summed E-state index contributed by atoms with van der Waals surface area (Å²) in [5, 5.41) is 13.6. The van der Waals surface area contributed by atoms with E-state index >= 15 is 0 Å². The van der Waals surface area contributed by atoms with E-state index in [1.807, 2.05) is 14.1 Å². The average molecular weight is 461 g/mol. The van der Waals surface area contributed by atoms with E-state index in [9.17, 15) is 14.3 Å². The first-order valence-corrected chi connectivity index (χ1v) is 10.3. The molecule has 0 unspecified atom stereocenters. The van der Waals surface area contributed by atoms with E-state index in [4.69, 9.17) is 17.3 Å². The maximum atomic E-state index is 14.4. The Morgan fingerprint density at radius 3 is 2.75 bits per heavy atom. The number of carbonyl (C=O) groups excluding carboxylic acids is 1. The molecule has 0 spiro atoms. The van der Waals surface area contributed by atoms with Gasteiger partial charge in [0.05, 0.1) is 40.9 Å². The lowest BCUT2D eigenvalue weighted by atomic mass is 10.1. The van der Waals surface area contributed by atoms with Crippen molar-refractivity contribution < 1.29 is 14.3 Å². The van der Waals surface area contributed by atoms with Crippen LogP contribution in [0.5, 0.6) is 0 Å². The molecule has 1 aliphatic rings. The second-order valence-corrected chi connectivity index (χ2v) is 8.80. The van der Waals surface area contributed by atoms with E-state index in [-0.39, 0.29) is 17.9 Å². The van der Waals surface area contributed by atoms with E-state index < -0.39 is 17.3 Å². The first-order valence-electron chi connectivity index (χ1n) is 9.89. The Balaban J connectivity index is 2.01. The third-order valence-electron chi connectivity index (χ3n) is 4.70. The van der Waals surface area contributed by atoms with E-state index in [1.165, 1.54) is 18.2 Å². The van der Waals surface area contributed by atoms with Crippen molar-refractivity contribution in [3.63, 3.8) is 0 Å². The molecule has 1 aromatic heterocycles. The summed E-state index contributed by atoms with van der Waals surface area (Å²) in [6.07, 6.45) is 5.01. The summed E-state index contributed by atoms with van der Waals surface area (Å²) >= 11 is 6.02. The molecule has 0 fully saturated rings. The van der Waals surface area contributed by atoms with Gasteiger partial charge in [0.1, 0.15) is 5.82 Å². The quantitative estimate of drug-likeness (QED) is 0.583. The molecule has 0 radical (unpaired) electrons. The minimum absolute atomic E-state index is 0.141. The van der Waals surface area contributed by atoms with Crippen LogP contribution in [0.3, 0.4) is 0 Å². The van der Waals surface area contributed by atoms with Crippen LogP contribution in [-0.4, -0.2) is 58.7 Å². The largest absolute Gasteiger partial charge is 0.389 e. The Bertz CT molecular complexity index is 1090. The number of nitrogens with one attached hydrogen (secondary N) is 1. The van der Waals surface area contributed by atoms with Gasteiger partial charge in [0.2, 0.25) is 5.91 Å². The van der Waals surface area contributed by atoms with Crippen LogP contribution in [0.2, 0.25) is 5.02 Å². The van der Waals surface area contributed by atoms with Crippen LogP contribution in [0.1, 0.15) is 13.8 Å². The molecule has 1 amide bonds. The van der Waals surface area contributed by atoms with Crippen molar-refractivity contribution in [2.45, 2.75) is 19.4 Å². The summed E-state index contributed by atoms with van der Waals surface area (Å²) < 4.78 is 14.4. The van der Waals surface area contributed by atoms with E-state index in [0.717, 1.165) is 0 Å². The van der Waals surface area contributed by atoms with Gasteiger partial charge in [-0.3, -0.25) is 4.79 Å². The molecular formula is C22H26ClFN6O2. The molecular weight excluding hydrogens is 435 g/mol. The Morgan fingerprint density at radius 2 is 2.12 bits per heavy atom. The maximum Gasteiger partial charge on any atom is 0.248 e. The van der Waals surface area contributed by atoms with Crippen molar-refractivity contribution in [1.29, 1.82) is 0 Å². The minimum Gasteiger partial charge on any atom is -0.389 e. The lowest BCUT2D eigenvalue weighted by molar-refractivity contribution is -0.114. The monoisotopic (exact) mass is 460 g/mol. The summed E-state index contributed by atoms with van der Waals surface area (Å²) in [6, 6.07) is 4.15. The summed E-state index contributed by atoms with van der Waals surface area (Å²) in [6.45, 7) is 3.91. The molecule has 3 rings (SSSR count). The molecule has 1 aliphatic heterocycles. The maximum absolute atomic E-state index is 14.4. The zero-order valence-corrected chi connectivity index (χ0v) is 19.1. The number of amides is 1. The van der Waals surface area contributed by atoms with Gasteiger partial charge in [-0.1, -0.05) is 11.6 Å². The van der Waals surface area contributed by atoms with Crippen molar-refractivity contribution in [1.82, 2.24) is 14.9 Å². The molecule has 1 aromatic carbocycles. The number of aromatic nitrogens is 2. The Labute approximate surface area is 191 Å². The molecule has 8 nitrogen and oxygen atoms in total. The van der Waals surface area contributed by atoms with Gasteiger partial charge in [0.25, 0.3) is 0 Å². The van der Waals surface area contributed by atoms with Gasteiger partial charge in [-0.25, -0.2) is 14.4 Å². The summed E-state index contributed by atoms with van der Waals surface area (Å²) in [5.41, 5.74) is 6.25. The number of β-amino-alcohol motifs (C(OH)–C–C–N with tert-alkyl or cyclic N) is 1. The second kappa shape index (κ2) is 9.13. The topological polar surface area (TPSA) is 108 Å². The Hall–Kier alpha value is -3.17. The van der Waals surface area contributed by atoms with Crippen LogP contribution >= 0.6 is 11.6 Å². The first-order chi connectivity index (χ1) is 14.9. The van der Waals surface area contributed by atoms with Crippen LogP contribution in [0, 0.1) is 5.82 Å². The predicted molar refractivity (Wildman–Crippen MR) is 124 cm³/mol. The summed E-state index contributed by atoms with van der Waals surface area (Å²) in [4.78, 5) is 24.5. The number of nitrogens with zero attached hydrogens (tertiary/aromatic N) is 4.